The average Bonchev–Trinajstić information content (AvgIpc) is 2.76. The van der Waals surface area contributed by atoms with E-state index in [-0.39, 0.29) is 17.7 Å². The molecule has 2 amide bonds. The molecule has 0 aromatic heterocycles. The third-order valence-electron chi connectivity index (χ3n) is 4.70. The van der Waals surface area contributed by atoms with Crippen LogP contribution in [0.1, 0.15) is 32.7 Å². The fraction of sp³-hybridized carbons (Fsp3) is 0.167. The summed E-state index contributed by atoms with van der Waals surface area (Å²) in [5, 5.41) is 2.68. The van der Waals surface area contributed by atoms with Crippen LogP contribution >= 0.6 is 0 Å². The second-order valence-corrected chi connectivity index (χ2v) is 7.19. The Morgan fingerprint density at radius 3 is 2.12 bits per heavy atom. The maximum atomic E-state index is 13.5. The lowest BCUT2D eigenvalue weighted by Gasteiger charge is -2.23. The Balaban J connectivity index is 1.71. The normalized spacial score (nSPS) is 10.6. The van der Waals surface area contributed by atoms with Crippen molar-refractivity contribution in [3.05, 3.63) is 101 Å². The summed E-state index contributed by atoms with van der Waals surface area (Å²) >= 11 is 0. The van der Waals surface area contributed by atoms with Crippen LogP contribution in [-0.2, 0) is 6.54 Å². The van der Waals surface area contributed by atoms with E-state index in [2.05, 4.69) is 5.32 Å². The number of halogens is 3. The molecule has 0 radical (unpaired) electrons. The summed E-state index contributed by atoms with van der Waals surface area (Å²) in [4.78, 5) is 26.5. The molecule has 0 heterocycles. The predicted molar refractivity (Wildman–Crippen MR) is 116 cm³/mol. The Bertz CT molecular complexity index is 1080. The van der Waals surface area contributed by atoms with Crippen LogP contribution in [0.2, 0.25) is 0 Å². The van der Waals surface area contributed by atoms with Gasteiger partial charge in [0.1, 0.15) is 17.5 Å². The zero-order valence-corrected chi connectivity index (χ0v) is 17.2. The van der Waals surface area contributed by atoms with Gasteiger partial charge in [-0.05, 0) is 61.0 Å². The van der Waals surface area contributed by atoms with E-state index in [1.807, 2.05) is 0 Å². The van der Waals surface area contributed by atoms with E-state index in [1.54, 1.807) is 24.3 Å². The van der Waals surface area contributed by atoms with Gasteiger partial charge in [-0.25, -0.2) is 13.2 Å². The number of carbonyl (C=O) groups is 2. The molecule has 0 saturated heterocycles. The maximum absolute atomic E-state index is 13.5. The number of rotatable bonds is 8. The fourth-order valence-electron chi connectivity index (χ4n) is 3.14. The van der Waals surface area contributed by atoms with E-state index in [0.717, 1.165) is 23.8 Å². The average molecular weight is 441 g/mol. The molecular formula is C24H22F3N3O2. The Kier molecular flexibility index (Phi) is 7.62. The first kappa shape index (κ1) is 23.0. The summed E-state index contributed by atoms with van der Waals surface area (Å²) in [5.41, 5.74) is 6.91. The van der Waals surface area contributed by atoms with Gasteiger partial charge < -0.3 is 16.0 Å². The SMILES string of the molecule is NCCCN(Cc1ccc(NC(=O)c2cccc(F)c2)cc1)C(=O)c1cc(F)cc(F)c1. The molecule has 0 aliphatic carbocycles. The van der Waals surface area contributed by atoms with Gasteiger partial charge in [0.05, 0.1) is 0 Å². The van der Waals surface area contributed by atoms with E-state index >= 15 is 0 Å². The van der Waals surface area contributed by atoms with Gasteiger partial charge in [0.25, 0.3) is 11.8 Å². The Labute approximate surface area is 183 Å². The van der Waals surface area contributed by atoms with Gasteiger partial charge in [-0.15, -0.1) is 0 Å². The van der Waals surface area contributed by atoms with Crippen LogP contribution in [0.15, 0.2) is 66.7 Å². The minimum Gasteiger partial charge on any atom is -0.334 e. The summed E-state index contributed by atoms with van der Waals surface area (Å²) < 4.78 is 40.4. The Hall–Kier alpha value is -3.65. The van der Waals surface area contributed by atoms with Crippen LogP contribution in [0.4, 0.5) is 18.9 Å². The molecule has 5 nitrogen and oxygen atoms in total. The molecule has 0 atom stereocenters. The topological polar surface area (TPSA) is 75.4 Å². The van der Waals surface area contributed by atoms with Crippen molar-refractivity contribution in [1.82, 2.24) is 4.90 Å². The quantitative estimate of drug-likeness (QED) is 0.546. The zero-order chi connectivity index (χ0) is 23.1. The molecule has 0 unspecified atom stereocenters. The van der Waals surface area contributed by atoms with Gasteiger partial charge in [0.2, 0.25) is 0 Å². The van der Waals surface area contributed by atoms with Crippen molar-refractivity contribution < 1.29 is 22.8 Å². The molecule has 0 aliphatic heterocycles. The molecule has 8 heteroatoms. The van der Waals surface area contributed by atoms with Crippen LogP contribution in [0.3, 0.4) is 0 Å². The van der Waals surface area contributed by atoms with Crippen molar-refractivity contribution in [1.29, 1.82) is 0 Å². The van der Waals surface area contributed by atoms with Gasteiger partial charge >= 0.3 is 0 Å². The van der Waals surface area contributed by atoms with E-state index < -0.39 is 29.3 Å². The molecule has 32 heavy (non-hydrogen) atoms. The monoisotopic (exact) mass is 441 g/mol. The second kappa shape index (κ2) is 10.6. The number of amides is 2. The highest BCUT2D eigenvalue weighted by atomic mass is 19.1. The summed E-state index contributed by atoms with van der Waals surface area (Å²) in [6.07, 6.45) is 0.519. The molecule has 0 aliphatic rings. The van der Waals surface area contributed by atoms with E-state index in [0.29, 0.717) is 31.3 Å². The van der Waals surface area contributed by atoms with Gasteiger partial charge in [-0.3, -0.25) is 9.59 Å². The van der Waals surface area contributed by atoms with Crippen molar-refractivity contribution in [3.63, 3.8) is 0 Å². The second-order valence-electron chi connectivity index (χ2n) is 7.19. The molecule has 3 rings (SSSR count). The molecule has 166 valence electrons. The van der Waals surface area contributed by atoms with Crippen LogP contribution in [-0.4, -0.2) is 29.8 Å². The third kappa shape index (κ3) is 6.18. The van der Waals surface area contributed by atoms with Gasteiger partial charge in [-0.1, -0.05) is 18.2 Å². The lowest BCUT2D eigenvalue weighted by atomic mass is 10.1. The lowest BCUT2D eigenvalue weighted by molar-refractivity contribution is 0.0741. The zero-order valence-electron chi connectivity index (χ0n) is 17.2. The van der Waals surface area contributed by atoms with E-state index in [9.17, 15) is 22.8 Å². The molecule has 3 N–H and O–H groups in total. The largest absolute Gasteiger partial charge is 0.334 e. The maximum Gasteiger partial charge on any atom is 0.255 e. The summed E-state index contributed by atoms with van der Waals surface area (Å²) in [7, 11) is 0. The predicted octanol–water partition coefficient (Wildman–Crippen LogP) is 4.35. The highest BCUT2D eigenvalue weighted by Crippen LogP contribution is 2.17. The number of hydrogen-bond donors (Lipinski definition) is 2. The van der Waals surface area contributed by atoms with E-state index in [1.165, 1.54) is 23.1 Å². The molecular weight excluding hydrogens is 419 g/mol. The minimum atomic E-state index is -0.828. The van der Waals surface area contributed by atoms with Crippen molar-refractivity contribution in [2.45, 2.75) is 13.0 Å². The first-order valence-electron chi connectivity index (χ1n) is 9.97. The minimum absolute atomic E-state index is 0.0847. The van der Waals surface area contributed by atoms with Crippen LogP contribution in [0.25, 0.3) is 0 Å². The van der Waals surface area contributed by atoms with Crippen LogP contribution in [0.5, 0.6) is 0 Å². The van der Waals surface area contributed by atoms with Crippen molar-refractivity contribution in [3.8, 4) is 0 Å². The van der Waals surface area contributed by atoms with Crippen molar-refractivity contribution in [2.75, 3.05) is 18.4 Å². The van der Waals surface area contributed by atoms with E-state index in [4.69, 9.17) is 5.73 Å². The lowest BCUT2D eigenvalue weighted by Crippen LogP contribution is -2.32. The van der Waals surface area contributed by atoms with Crippen LogP contribution < -0.4 is 11.1 Å². The molecule has 0 saturated carbocycles. The number of anilines is 1. The Morgan fingerprint density at radius 1 is 0.844 bits per heavy atom. The summed E-state index contributed by atoms with van der Waals surface area (Å²) in [6.45, 7) is 0.854. The number of benzene rings is 3. The number of nitrogens with one attached hydrogen (secondary N) is 1. The third-order valence-corrected chi connectivity index (χ3v) is 4.70. The molecule has 3 aromatic rings. The van der Waals surface area contributed by atoms with Crippen molar-refractivity contribution in [2.24, 2.45) is 5.73 Å². The highest BCUT2D eigenvalue weighted by molar-refractivity contribution is 6.04. The van der Waals surface area contributed by atoms with Gasteiger partial charge in [0, 0.05) is 36.0 Å². The van der Waals surface area contributed by atoms with Crippen molar-refractivity contribution >= 4 is 17.5 Å². The summed E-state index contributed by atoms with van der Waals surface area (Å²) in [5.74, 6) is -3.13. The van der Waals surface area contributed by atoms with Crippen LogP contribution in [0, 0.1) is 17.5 Å². The molecule has 0 bridgehead atoms. The summed E-state index contributed by atoms with van der Waals surface area (Å²) in [6, 6.07) is 14.8. The molecule has 0 fully saturated rings. The highest BCUT2D eigenvalue weighted by Gasteiger charge is 2.18. The fourth-order valence-corrected chi connectivity index (χ4v) is 3.14. The number of nitrogens with two attached hydrogens (primary N) is 1. The van der Waals surface area contributed by atoms with Gasteiger partial charge in [0.15, 0.2) is 0 Å². The number of carbonyl (C=O) groups excluding carboxylic acids is 2. The number of hydrogen-bond acceptors (Lipinski definition) is 3. The standard InChI is InChI=1S/C24H22F3N3O2/c25-19-4-1-3-17(11-19)23(31)29-22-7-5-16(6-8-22)15-30(10-2-9-28)24(32)18-12-20(26)14-21(27)13-18/h1,3-8,11-14H,2,9-10,15,28H2,(H,29,31). The molecule has 3 aromatic carbocycles. The Morgan fingerprint density at radius 2 is 1.50 bits per heavy atom. The first-order chi connectivity index (χ1) is 15.4. The first-order valence-corrected chi connectivity index (χ1v) is 9.97. The number of nitrogens with zero attached hydrogens (tertiary/aromatic N) is 1. The smallest absolute Gasteiger partial charge is 0.255 e. The van der Waals surface area contributed by atoms with Gasteiger partial charge in [-0.2, -0.15) is 0 Å². The molecule has 0 spiro atoms.